The molecule has 0 radical (unpaired) electrons. The van der Waals surface area contributed by atoms with Gasteiger partial charge in [0.05, 0.1) is 11.5 Å². The number of amides is 1. The number of carbonyl (C=O) groups excluding carboxylic acids is 1. The molecule has 1 N–H and O–H groups in total. The summed E-state index contributed by atoms with van der Waals surface area (Å²) in [5, 5.41) is 3.22. The molecule has 0 unspecified atom stereocenters. The highest BCUT2D eigenvalue weighted by Crippen LogP contribution is 2.18. The average molecular weight is 186 g/mol. The fraction of sp³-hybridized carbons (Fsp3) is 0.429. The number of nitrogens with zero attached hydrogens (tertiary/aromatic N) is 1. The number of anilines is 1. The van der Waals surface area contributed by atoms with Crippen molar-refractivity contribution in [1.29, 1.82) is 0 Å². The normalized spacial score (nSPS) is 9.83. The minimum atomic E-state index is -0.103. The summed E-state index contributed by atoms with van der Waals surface area (Å²) in [6.45, 7) is 1.99. The zero-order valence-corrected chi connectivity index (χ0v) is 7.77. The van der Waals surface area contributed by atoms with Gasteiger partial charge in [-0.25, -0.2) is 4.98 Å². The molecule has 0 atom stereocenters. The van der Waals surface area contributed by atoms with Crippen LogP contribution < -0.4 is 5.32 Å². The standard InChI is InChI=1S/C7H10N2O2S/c1-5(10)9-7-8-3-6(12-7)4-11-2/h3H,4H2,1-2H3,(H,8,9,10). The maximum atomic E-state index is 10.6. The van der Waals surface area contributed by atoms with Crippen molar-refractivity contribution in [3.8, 4) is 0 Å². The van der Waals surface area contributed by atoms with Crippen LogP contribution in [0.3, 0.4) is 0 Å². The Bertz CT molecular complexity index is 272. The molecule has 1 rings (SSSR count). The zero-order chi connectivity index (χ0) is 8.97. The second-order valence-electron chi connectivity index (χ2n) is 2.25. The van der Waals surface area contributed by atoms with Crippen LogP contribution in [0.2, 0.25) is 0 Å². The molecule has 12 heavy (non-hydrogen) atoms. The second kappa shape index (κ2) is 4.18. The van der Waals surface area contributed by atoms with Crippen LogP contribution in [-0.2, 0) is 16.1 Å². The molecule has 0 saturated carbocycles. The van der Waals surface area contributed by atoms with Gasteiger partial charge in [0.1, 0.15) is 0 Å². The Balaban J connectivity index is 2.58. The minimum Gasteiger partial charge on any atom is -0.379 e. The molecule has 66 valence electrons. The van der Waals surface area contributed by atoms with Crippen molar-refractivity contribution in [2.45, 2.75) is 13.5 Å². The van der Waals surface area contributed by atoms with Crippen LogP contribution in [0.15, 0.2) is 6.20 Å². The second-order valence-corrected chi connectivity index (χ2v) is 3.36. The van der Waals surface area contributed by atoms with Gasteiger partial charge in [-0.3, -0.25) is 4.79 Å². The van der Waals surface area contributed by atoms with Gasteiger partial charge < -0.3 is 10.1 Å². The van der Waals surface area contributed by atoms with Crippen molar-refractivity contribution in [2.24, 2.45) is 0 Å². The first kappa shape index (κ1) is 9.15. The van der Waals surface area contributed by atoms with Gasteiger partial charge in [-0.1, -0.05) is 11.3 Å². The molecule has 1 amide bonds. The van der Waals surface area contributed by atoms with Crippen LogP contribution >= 0.6 is 11.3 Å². The third kappa shape index (κ3) is 2.60. The van der Waals surface area contributed by atoms with E-state index in [1.54, 1.807) is 13.3 Å². The summed E-state index contributed by atoms with van der Waals surface area (Å²) in [6.07, 6.45) is 1.69. The van der Waals surface area contributed by atoms with E-state index in [0.717, 1.165) is 4.88 Å². The molecule has 1 aromatic heterocycles. The topological polar surface area (TPSA) is 51.2 Å². The highest BCUT2D eigenvalue weighted by Gasteiger charge is 2.01. The van der Waals surface area contributed by atoms with Crippen molar-refractivity contribution in [3.05, 3.63) is 11.1 Å². The van der Waals surface area contributed by atoms with E-state index in [1.807, 2.05) is 0 Å². The molecular weight excluding hydrogens is 176 g/mol. The Kier molecular flexibility index (Phi) is 3.19. The molecule has 0 fully saturated rings. The van der Waals surface area contributed by atoms with E-state index < -0.39 is 0 Å². The molecule has 1 aromatic rings. The molecule has 0 aliphatic carbocycles. The summed E-state index contributed by atoms with van der Waals surface area (Å²) in [7, 11) is 1.62. The van der Waals surface area contributed by atoms with Gasteiger partial charge in [0.15, 0.2) is 5.13 Å². The van der Waals surface area contributed by atoms with Gasteiger partial charge in [-0.2, -0.15) is 0 Å². The lowest BCUT2D eigenvalue weighted by atomic mass is 10.6. The van der Waals surface area contributed by atoms with Crippen LogP contribution in [0.5, 0.6) is 0 Å². The number of rotatable bonds is 3. The van der Waals surface area contributed by atoms with Crippen molar-refractivity contribution < 1.29 is 9.53 Å². The zero-order valence-electron chi connectivity index (χ0n) is 6.96. The highest BCUT2D eigenvalue weighted by atomic mass is 32.1. The largest absolute Gasteiger partial charge is 0.379 e. The van der Waals surface area contributed by atoms with Gasteiger partial charge in [-0.15, -0.1) is 0 Å². The number of ether oxygens (including phenoxy) is 1. The number of methoxy groups -OCH3 is 1. The van der Waals surface area contributed by atoms with E-state index in [4.69, 9.17) is 4.74 Å². The van der Waals surface area contributed by atoms with Gasteiger partial charge in [0.25, 0.3) is 0 Å². The lowest BCUT2D eigenvalue weighted by Crippen LogP contribution is -2.04. The minimum absolute atomic E-state index is 0.103. The molecule has 0 saturated heterocycles. The van der Waals surface area contributed by atoms with Gasteiger partial charge >= 0.3 is 0 Å². The molecule has 0 aliphatic heterocycles. The summed E-state index contributed by atoms with van der Waals surface area (Å²) in [5.41, 5.74) is 0. The molecule has 1 heterocycles. The van der Waals surface area contributed by atoms with Crippen LogP contribution in [0.1, 0.15) is 11.8 Å². The maximum absolute atomic E-state index is 10.6. The molecule has 4 nitrogen and oxygen atoms in total. The Morgan fingerprint density at radius 1 is 1.83 bits per heavy atom. The first-order valence-electron chi connectivity index (χ1n) is 3.43. The smallest absolute Gasteiger partial charge is 0.223 e. The van der Waals surface area contributed by atoms with Crippen LogP contribution in [0.4, 0.5) is 5.13 Å². The summed E-state index contributed by atoms with van der Waals surface area (Å²) in [4.78, 5) is 15.6. The predicted octanol–water partition coefficient (Wildman–Crippen LogP) is 1.25. The predicted molar refractivity (Wildman–Crippen MR) is 47.1 cm³/mol. The Labute approximate surface area is 74.6 Å². The third-order valence-electron chi connectivity index (χ3n) is 1.12. The molecule has 0 aromatic carbocycles. The Morgan fingerprint density at radius 2 is 2.58 bits per heavy atom. The summed E-state index contributed by atoms with van der Waals surface area (Å²) < 4.78 is 4.90. The number of nitrogens with one attached hydrogen (secondary N) is 1. The molecule has 5 heteroatoms. The molecule has 0 spiro atoms. The SMILES string of the molecule is COCc1cnc(NC(C)=O)s1. The van der Waals surface area contributed by atoms with E-state index in [9.17, 15) is 4.79 Å². The monoisotopic (exact) mass is 186 g/mol. The van der Waals surface area contributed by atoms with Crippen LogP contribution in [0, 0.1) is 0 Å². The van der Waals surface area contributed by atoms with Crippen molar-refractivity contribution in [2.75, 3.05) is 12.4 Å². The number of hydrogen-bond donors (Lipinski definition) is 1. The third-order valence-corrected chi connectivity index (χ3v) is 2.01. The first-order valence-corrected chi connectivity index (χ1v) is 4.25. The van der Waals surface area contributed by atoms with Gasteiger partial charge in [0.2, 0.25) is 5.91 Å². The van der Waals surface area contributed by atoms with Crippen LogP contribution in [-0.4, -0.2) is 18.0 Å². The summed E-state index contributed by atoms with van der Waals surface area (Å²) >= 11 is 1.42. The van der Waals surface area contributed by atoms with Crippen molar-refractivity contribution in [3.63, 3.8) is 0 Å². The Hall–Kier alpha value is -0.940. The fourth-order valence-corrected chi connectivity index (χ4v) is 1.56. The number of thiazole rings is 1. The van der Waals surface area contributed by atoms with E-state index in [-0.39, 0.29) is 5.91 Å². The summed E-state index contributed by atoms with van der Waals surface area (Å²) in [6, 6.07) is 0. The number of hydrogen-bond acceptors (Lipinski definition) is 4. The highest BCUT2D eigenvalue weighted by molar-refractivity contribution is 7.15. The van der Waals surface area contributed by atoms with Crippen molar-refractivity contribution in [1.82, 2.24) is 4.98 Å². The van der Waals surface area contributed by atoms with Gasteiger partial charge in [-0.05, 0) is 0 Å². The number of carbonyl (C=O) groups is 1. The molecule has 0 bridgehead atoms. The van der Waals surface area contributed by atoms with E-state index in [1.165, 1.54) is 18.3 Å². The molecular formula is C7H10N2O2S. The van der Waals surface area contributed by atoms with Crippen LogP contribution in [0.25, 0.3) is 0 Å². The molecule has 0 aliphatic rings. The van der Waals surface area contributed by atoms with E-state index in [0.29, 0.717) is 11.7 Å². The van der Waals surface area contributed by atoms with E-state index >= 15 is 0 Å². The first-order chi connectivity index (χ1) is 5.72. The number of aromatic nitrogens is 1. The van der Waals surface area contributed by atoms with Crippen molar-refractivity contribution >= 4 is 22.4 Å². The quantitative estimate of drug-likeness (QED) is 0.772. The summed E-state index contributed by atoms with van der Waals surface area (Å²) in [5.74, 6) is -0.103. The maximum Gasteiger partial charge on any atom is 0.223 e. The van der Waals surface area contributed by atoms with E-state index in [2.05, 4.69) is 10.3 Å². The fourth-order valence-electron chi connectivity index (χ4n) is 0.725. The lowest BCUT2D eigenvalue weighted by molar-refractivity contribution is -0.114. The van der Waals surface area contributed by atoms with Gasteiger partial charge in [0, 0.05) is 20.2 Å². The average Bonchev–Trinajstić information content (AvgIpc) is 2.36. The Morgan fingerprint density at radius 3 is 3.17 bits per heavy atom. The lowest BCUT2D eigenvalue weighted by Gasteiger charge is -1.92.